The predicted molar refractivity (Wildman–Crippen MR) is 100 cm³/mol. The summed E-state index contributed by atoms with van der Waals surface area (Å²) in [6.07, 6.45) is 4.94. The standard InChI is InChI=1S/C21H24NO3/c1-14-12-16(8-10-19(14)22-15(2)23)17-9-11-20(24-3)21(13-17)25-18-6-4-5-7-18/h8-13,18H,2,4-7H2,1,3H3,(H,22,23). The van der Waals surface area contributed by atoms with E-state index in [2.05, 4.69) is 12.2 Å². The van der Waals surface area contributed by atoms with Crippen LogP contribution in [0, 0.1) is 13.8 Å². The van der Waals surface area contributed by atoms with Gasteiger partial charge in [0.15, 0.2) is 11.5 Å². The van der Waals surface area contributed by atoms with E-state index in [1.54, 1.807) is 7.11 Å². The van der Waals surface area contributed by atoms with E-state index in [1.807, 2.05) is 43.3 Å². The molecule has 0 saturated heterocycles. The third kappa shape index (κ3) is 4.13. The molecule has 0 atom stereocenters. The Balaban J connectivity index is 1.88. The van der Waals surface area contributed by atoms with E-state index in [1.165, 1.54) is 12.8 Å². The first-order chi connectivity index (χ1) is 12.1. The Labute approximate surface area is 149 Å². The number of ether oxygens (including phenoxy) is 2. The average molecular weight is 338 g/mol. The lowest BCUT2D eigenvalue weighted by Gasteiger charge is -2.17. The van der Waals surface area contributed by atoms with Crippen molar-refractivity contribution in [3.05, 3.63) is 48.9 Å². The van der Waals surface area contributed by atoms with Gasteiger partial charge in [0.2, 0.25) is 5.91 Å². The van der Waals surface area contributed by atoms with Gasteiger partial charge in [0, 0.05) is 12.6 Å². The zero-order chi connectivity index (χ0) is 17.8. The maximum atomic E-state index is 11.1. The van der Waals surface area contributed by atoms with Crippen LogP contribution in [0.5, 0.6) is 11.5 Å². The molecule has 25 heavy (non-hydrogen) atoms. The number of carbonyl (C=O) groups excluding carboxylic acids is 1. The van der Waals surface area contributed by atoms with Crippen molar-refractivity contribution in [1.82, 2.24) is 0 Å². The zero-order valence-electron chi connectivity index (χ0n) is 14.8. The molecule has 1 amide bonds. The van der Waals surface area contributed by atoms with Gasteiger partial charge in [-0.15, -0.1) is 0 Å². The van der Waals surface area contributed by atoms with Crippen LogP contribution in [0.2, 0.25) is 0 Å². The Bertz CT molecular complexity index is 764. The van der Waals surface area contributed by atoms with Gasteiger partial charge in [-0.25, -0.2) is 0 Å². The van der Waals surface area contributed by atoms with Gasteiger partial charge in [-0.3, -0.25) is 4.79 Å². The summed E-state index contributed by atoms with van der Waals surface area (Å²) in [6, 6.07) is 11.9. The summed E-state index contributed by atoms with van der Waals surface area (Å²) in [6.45, 7) is 5.32. The number of rotatable bonds is 5. The van der Waals surface area contributed by atoms with Crippen molar-refractivity contribution >= 4 is 11.6 Å². The molecule has 1 fully saturated rings. The minimum absolute atomic E-state index is 0.278. The number of anilines is 1. The summed E-state index contributed by atoms with van der Waals surface area (Å²) in [5.41, 5.74) is 3.89. The molecule has 0 bridgehead atoms. The normalized spacial score (nSPS) is 14.4. The molecular formula is C21H24NO3. The van der Waals surface area contributed by atoms with Crippen molar-refractivity contribution < 1.29 is 14.3 Å². The Kier molecular flexibility index (Phi) is 5.27. The lowest BCUT2D eigenvalue weighted by atomic mass is 10.0. The Morgan fingerprint density at radius 2 is 1.76 bits per heavy atom. The van der Waals surface area contributed by atoms with Gasteiger partial charge in [0.05, 0.1) is 13.2 Å². The quantitative estimate of drug-likeness (QED) is 0.854. The van der Waals surface area contributed by atoms with Crippen LogP contribution in [-0.4, -0.2) is 19.1 Å². The van der Waals surface area contributed by atoms with Crippen molar-refractivity contribution in [3.8, 4) is 22.6 Å². The second-order valence-corrected chi connectivity index (χ2v) is 6.47. The van der Waals surface area contributed by atoms with Crippen molar-refractivity contribution in [2.75, 3.05) is 12.4 Å². The summed E-state index contributed by atoms with van der Waals surface area (Å²) < 4.78 is 11.6. The van der Waals surface area contributed by atoms with Crippen LogP contribution >= 0.6 is 0 Å². The summed E-state index contributed by atoms with van der Waals surface area (Å²) in [7, 11) is 1.66. The molecule has 4 heteroatoms. The van der Waals surface area contributed by atoms with Gasteiger partial charge in [0.25, 0.3) is 0 Å². The van der Waals surface area contributed by atoms with Crippen LogP contribution in [0.15, 0.2) is 36.4 Å². The van der Waals surface area contributed by atoms with Gasteiger partial charge in [-0.05, 0) is 73.6 Å². The number of hydrogen-bond acceptors (Lipinski definition) is 3. The maximum Gasteiger partial charge on any atom is 0.224 e. The molecule has 4 nitrogen and oxygen atoms in total. The molecule has 0 spiro atoms. The monoisotopic (exact) mass is 338 g/mol. The average Bonchev–Trinajstić information content (AvgIpc) is 3.09. The summed E-state index contributed by atoms with van der Waals surface area (Å²) >= 11 is 0. The molecule has 1 saturated carbocycles. The first-order valence-electron chi connectivity index (χ1n) is 8.65. The highest BCUT2D eigenvalue weighted by atomic mass is 16.5. The lowest BCUT2D eigenvalue weighted by molar-refractivity contribution is -0.112. The molecule has 1 aliphatic carbocycles. The third-order valence-electron chi connectivity index (χ3n) is 4.59. The summed E-state index contributed by atoms with van der Waals surface area (Å²) in [5.74, 6) is 1.24. The molecule has 2 aromatic carbocycles. The molecule has 0 heterocycles. The van der Waals surface area contributed by atoms with Gasteiger partial charge in [0.1, 0.15) is 0 Å². The topological polar surface area (TPSA) is 47.6 Å². The molecule has 1 aliphatic rings. The summed E-state index contributed by atoms with van der Waals surface area (Å²) in [5, 5.41) is 2.73. The Morgan fingerprint density at radius 1 is 1.08 bits per heavy atom. The highest BCUT2D eigenvalue weighted by Crippen LogP contribution is 2.36. The van der Waals surface area contributed by atoms with Crippen LogP contribution in [0.1, 0.15) is 31.2 Å². The minimum atomic E-state index is -0.312. The third-order valence-corrected chi connectivity index (χ3v) is 4.59. The SMILES string of the molecule is [CH2]C(=O)Nc1ccc(-c2ccc(OC)c(OC3CCCC3)c2)cc1C. The number of benzene rings is 2. The van der Waals surface area contributed by atoms with Gasteiger partial charge in [-0.1, -0.05) is 12.1 Å². The number of methoxy groups -OCH3 is 1. The molecular weight excluding hydrogens is 314 g/mol. The molecule has 0 aromatic heterocycles. The fraction of sp³-hybridized carbons (Fsp3) is 0.333. The van der Waals surface area contributed by atoms with Crippen molar-refractivity contribution in [2.24, 2.45) is 0 Å². The highest BCUT2D eigenvalue weighted by Gasteiger charge is 2.19. The highest BCUT2D eigenvalue weighted by molar-refractivity contribution is 5.94. The van der Waals surface area contributed by atoms with Crippen molar-refractivity contribution in [3.63, 3.8) is 0 Å². The first-order valence-corrected chi connectivity index (χ1v) is 8.65. The number of aryl methyl sites for hydroxylation is 1. The van der Waals surface area contributed by atoms with E-state index in [9.17, 15) is 4.79 Å². The fourth-order valence-corrected chi connectivity index (χ4v) is 3.27. The predicted octanol–water partition coefficient (Wildman–Crippen LogP) is 4.76. The number of nitrogens with one attached hydrogen (secondary N) is 1. The van der Waals surface area contributed by atoms with E-state index in [0.717, 1.165) is 46.7 Å². The lowest BCUT2D eigenvalue weighted by Crippen LogP contribution is -2.11. The van der Waals surface area contributed by atoms with Crippen LogP contribution in [0.4, 0.5) is 5.69 Å². The van der Waals surface area contributed by atoms with Gasteiger partial charge >= 0.3 is 0 Å². The second-order valence-electron chi connectivity index (χ2n) is 6.47. The second kappa shape index (κ2) is 7.60. The summed E-state index contributed by atoms with van der Waals surface area (Å²) in [4.78, 5) is 11.1. The number of hydrogen-bond donors (Lipinski definition) is 1. The molecule has 1 N–H and O–H groups in total. The van der Waals surface area contributed by atoms with E-state index in [-0.39, 0.29) is 12.0 Å². The molecule has 0 aliphatic heterocycles. The van der Waals surface area contributed by atoms with Crippen LogP contribution in [-0.2, 0) is 4.79 Å². The number of amides is 1. The van der Waals surface area contributed by atoms with E-state index in [4.69, 9.17) is 9.47 Å². The van der Waals surface area contributed by atoms with Crippen molar-refractivity contribution in [2.45, 2.75) is 38.7 Å². The van der Waals surface area contributed by atoms with E-state index < -0.39 is 0 Å². The molecule has 131 valence electrons. The van der Waals surface area contributed by atoms with Crippen molar-refractivity contribution in [1.29, 1.82) is 0 Å². The smallest absolute Gasteiger partial charge is 0.224 e. The minimum Gasteiger partial charge on any atom is -0.493 e. The molecule has 0 unspecified atom stereocenters. The van der Waals surface area contributed by atoms with Crippen LogP contribution in [0.25, 0.3) is 11.1 Å². The molecule has 1 radical (unpaired) electrons. The molecule has 3 rings (SSSR count). The van der Waals surface area contributed by atoms with Gasteiger partial charge < -0.3 is 14.8 Å². The molecule has 2 aromatic rings. The zero-order valence-corrected chi connectivity index (χ0v) is 14.8. The first kappa shape index (κ1) is 17.3. The van der Waals surface area contributed by atoms with Crippen LogP contribution < -0.4 is 14.8 Å². The fourth-order valence-electron chi connectivity index (χ4n) is 3.27. The Morgan fingerprint density at radius 3 is 2.40 bits per heavy atom. The van der Waals surface area contributed by atoms with E-state index >= 15 is 0 Å². The van der Waals surface area contributed by atoms with Gasteiger partial charge in [-0.2, -0.15) is 0 Å². The number of carbonyl (C=O) groups is 1. The largest absolute Gasteiger partial charge is 0.493 e. The van der Waals surface area contributed by atoms with E-state index in [0.29, 0.717) is 0 Å². The maximum absolute atomic E-state index is 11.1. The van der Waals surface area contributed by atoms with Crippen LogP contribution in [0.3, 0.4) is 0 Å². The Hall–Kier alpha value is -2.49.